The van der Waals surface area contributed by atoms with Crippen molar-refractivity contribution in [1.29, 1.82) is 0 Å². The molecule has 1 heterocycles. The van der Waals surface area contributed by atoms with Gasteiger partial charge >= 0.3 is 0 Å². The summed E-state index contributed by atoms with van der Waals surface area (Å²) in [7, 11) is -3.48. The van der Waals surface area contributed by atoms with E-state index in [0.717, 1.165) is 11.8 Å². The van der Waals surface area contributed by atoms with Crippen molar-refractivity contribution in [3.63, 3.8) is 0 Å². The summed E-state index contributed by atoms with van der Waals surface area (Å²) in [5, 5.41) is 9.58. The van der Waals surface area contributed by atoms with Crippen molar-refractivity contribution in [2.45, 2.75) is 12.5 Å². The monoisotopic (exact) mass is 267 g/mol. The van der Waals surface area contributed by atoms with E-state index in [1.165, 1.54) is 0 Å². The highest BCUT2D eigenvalue weighted by molar-refractivity contribution is 8.14. The third-order valence-electron chi connectivity index (χ3n) is 1.89. The van der Waals surface area contributed by atoms with Gasteiger partial charge < -0.3 is 10.6 Å². The van der Waals surface area contributed by atoms with Gasteiger partial charge in [-0.05, 0) is 6.42 Å². The van der Waals surface area contributed by atoms with Crippen LogP contribution in [0.2, 0.25) is 0 Å². The number of primary sulfonamides is 1. The minimum atomic E-state index is -3.48. The Morgan fingerprint density at radius 2 is 2.31 bits per heavy atom. The second kappa shape index (κ2) is 5.51. The van der Waals surface area contributed by atoms with Crippen LogP contribution in [0, 0.1) is 0 Å². The summed E-state index contributed by atoms with van der Waals surface area (Å²) in [5.74, 6) is -0.0633. The van der Waals surface area contributed by atoms with Gasteiger partial charge in [-0.2, -0.15) is 0 Å². The molecule has 1 atom stereocenters. The molecule has 0 saturated carbocycles. The van der Waals surface area contributed by atoms with Crippen molar-refractivity contribution in [2.75, 3.05) is 18.1 Å². The summed E-state index contributed by atoms with van der Waals surface area (Å²) >= 11 is 1.05. The molecule has 1 fully saturated rings. The van der Waals surface area contributed by atoms with E-state index >= 15 is 0 Å². The minimum absolute atomic E-state index is 0.168. The first-order valence-corrected chi connectivity index (χ1v) is 7.30. The minimum Gasteiger partial charge on any atom is -0.354 e. The summed E-state index contributed by atoms with van der Waals surface area (Å²) in [4.78, 5) is 22.2. The molecule has 1 saturated heterocycles. The fraction of sp³-hybridized carbons (Fsp3) is 0.714. The highest BCUT2D eigenvalue weighted by atomic mass is 32.2. The van der Waals surface area contributed by atoms with Gasteiger partial charge in [-0.15, -0.1) is 0 Å². The molecule has 0 bridgehead atoms. The fourth-order valence-electron chi connectivity index (χ4n) is 1.13. The lowest BCUT2D eigenvalue weighted by Gasteiger charge is -2.09. The summed E-state index contributed by atoms with van der Waals surface area (Å²) in [6, 6.07) is -0.521. The van der Waals surface area contributed by atoms with Crippen molar-refractivity contribution in [3.8, 4) is 0 Å². The topological polar surface area (TPSA) is 118 Å². The number of sulfonamides is 1. The van der Waals surface area contributed by atoms with Gasteiger partial charge in [0.05, 0.1) is 5.75 Å². The molecule has 92 valence electrons. The molecular weight excluding hydrogens is 254 g/mol. The Morgan fingerprint density at radius 3 is 2.81 bits per heavy atom. The van der Waals surface area contributed by atoms with E-state index in [9.17, 15) is 18.0 Å². The SMILES string of the molecule is NS(=O)(=O)CCCNC(=O)C1CSC(=O)N1. The number of carbonyl (C=O) groups excluding carboxylic acids is 2. The molecule has 1 aliphatic rings. The number of carbonyl (C=O) groups is 2. The quantitative estimate of drug-likeness (QED) is 0.530. The Balaban J connectivity index is 2.18. The maximum atomic E-state index is 11.4. The molecule has 0 aromatic carbocycles. The fourth-order valence-corrected chi connectivity index (χ4v) is 2.46. The van der Waals surface area contributed by atoms with Crippen molar-refractivity contribution < 1.29 is 18.0 Å². The van der Waals surface area contributed by atoms with Gasteiger partial charge in [0.1, 0.15) is 6.04 Å². The predicted octanol–water partition coefficient (Wildman–Crippen LogP) is -1.39. The standard InChI is InChI=1S/C7H13N3O4S2/c8-16(13,14)3-1-2-9-6(11)5-4-15-7(12)10-5/h5H,1-4H2,(H,9,11)(H,10,12)(H2,8,13,14). The lowest BCUT2D eigenvalue weighted by Crippen LogP contribution is -2.43. The van der Waals surface area contributed by atoms with Gasteiger partial charge in [-0.25, -0.2) is 13.6 Å². The Kier molecular flexibility index (Phi) is 4.56. The zero-order chi connectivity index (χ0) is 12.2. The van der Waals surface area contributed by atoms with Crippen LogP contribution in [0.3, 0.4) is 0 Å². The zero-order valence-corrected chi connectivity index (χ0v) is 10.1. The van der Waals surface area contributed by atoms with Crippen LogP contribution in [0.1, 0.15) is 6.42 Å². The van der Waals surface area contributed by atoms with Crippen LogP contribution in [0.25, 0.3) is 0 Å². The van der Waals surface area contributed by atoms with Crippen molar-refractivity contribution >= 4 is 32.9 Å². The van der Waals surface area contributed by atoms with Gasteiger partial charge in [-0.3, -0.25) is 9.59 Å². The average molecular weight is 267 g/mol. The highest BCUT2D eigenvalue weighted by Gasteiger charge is 2.27. The number of nitrogens with two attached hydrogens (primary N) is 1. The van der Waals surface area contributed by atoms with Gasteiger partial charge in [0, 0.05) is 12.3 Å². The maximum Gasteiger partial charge on any atom is 0.279 e. The van der Waals surface area contributed by atoms with Crippen LogP contribution in [0.5, 0.6) is 0 Å². The van der Waals surface area contributed by atoms with Gasteiger partial charge in [0.25, 0.3) is 5.24 Å². The maximum absolute atomic E-state index is 11.4. The second-order valence-electron chi connectivity index (χ2n) is 3.31. The Labute approximate surface area is 97.6 Å². The van der Waals surface area contributed by atoms with E-state index in [-0.39, 0.29) is 29.9 Å². The molecule has 4 N–H and O–H groups in total. The Morgan fingerprint density at radius 1 is 1.62 bits per heavy atom. The first-order valence-electron chi connectivity index (χ1n) is 4.60. The van der Waals surface area contributed by atoms with E-state index in [0.29, 0.717) is 5.75 Å². The highest BCUT2D eigenvalue weighted by Crippen LogP contribution is 2.12. The number of hydrogen-bond acceptors (Lipinski definition) is 5. The molecule has 0 spiro atoms. The molecule has 1 unspecified atom stereocenters. The largest absolute Gasteiger partial charge is 0.354 e. The first-order chi connectivity index (χ1) is 7.38. The molecule has 1 rings (SSSR count). The molecule has 2 amide bonds. The molecule has 9 heteroatoms. The average Bonchev–Trinajstić information content (AvgIpc) is 2.57. The van der Waals surface area contributed by atoms with E-state index < -0.39 is 16.1 Å². The molecule has 7 nitrogen and oxygen atoms in total. The Bertz CT molecular complexity index is 381. The van der Waals surface area contributed by atoms with Gasteiger partial charge in [0.2, 0.25) is 15.9 Å². The molecule has 0 radical (unpaired) electrons. The first kappa shape index (κ1) is 13.3. The smallest absolute Gasteiger partial charge is 0.279 e. The van der Waals surface area contributed by atoms with Crippen LogP contribution >= 0.6 is 11.8 Å². The van der Waals surface area contributed by atoms with Gasteiger partial charge in [0.15, 0.2) is 0 Å². The van der Waals surface area contributed by atoms with E-state index in [2.05, 4.69) is 10.6 Å². The van der Waals surface area contributed by atoms with E-state index in [1.54, 1.807) is 0 Å². The third-order valence-corrected chi connectivity index (χ3v) is 3.63. The Hall–Kier alpha value is -0.800. The summed E-state index contributed by atoms with van der Waals surface area (Å²) < 4.78 is 21.2. The number of nitrogens with one attached hydrogen (secondary N) is 2. The summed E-state index contributed by atoms with van der Waals surface area (Å²) in [6.45, 7) is 0.228. The number of hydrogen-bond donors (Lipinski definition) is 3. The molecule has 1 aliphatic heterocycles. The summed E-state index contributed by atoms with van der Waals surface area (Å²) in [6.07, 6.45) is 0.262. The molecule has 16 heavy (non-hydrogen) atoms. The van der Waals surface area contributed by atoms with Gasteiger partial charge in [-0.1, -0.05) is 11.8 Å². The number of rotatable bonds is 5. The van der Waals surface area contributed by atoms with Crippen molar-refractivity contribution in [1.82, 2.24) is 10.6 Å². The van der Waals surface area contributed by atoms with Crippen LogP contribution in [0.4, 0.5) is 4.79 Å². The van der Waals surface area contributed by atoms with E-state index in [1.807, 2.05) is 0 Å². The summed E-state index contributed by atoms with van der Waals surface area (Å²) in [5.41, 5.74) is 0. The van der Waals surface area contributed by atoms with Crippen LogP contribution in [-0.2, 0) is 14.8 Å². The lowest BCUT2D eigenvalue weighted by atomic mass is 10.3. The molecule has 0 aliphatic carbocycles. The van der Waals surface area contributed by atoms with Crippen LogP contribution in [0.15, 0.2) is 0 Å². The second-order valence-corrected chi connectivity index (χ2v) is 6.03. The van der Waals surface area contributed by atoms with Crippen LogP contribution < -0.4 is 15.8 Å². The van der Waals surface area contributed by atoms with Crippen molar-refractivity contribution in [3.05, 3.63) is 0 Å². The zero-order valence-electron chi connectivity index (χ0n) is 8.43. The number of amides is 2. The third kappa shape index (κ3) is 4.81. The van der Waals surface area contributed by atoms with E-state index in [4.69, 9.17) is 5.14 Å². The molecular formula is C7H13N3O4S2. The molecule has 0 aromatic heterocycles. The van der Waals surface area contributed by atoms with Crippen LogP contribution in [-0.4, -0.2) is 43.7 Å². The number of thioether (sulfide) groups is 1. The van der Waals surface area contributed by atoms with Crippen molar-refractivity contribution in [2.24, 2.45) is 5.14 Å². The normalized spacial score (nSPS) is 20.6. The lowest BCUT2D eigenvalue weighted by molar-refractivity contribution is -0.122. The predicted molar refractivity (Wildman–Crippen MR) is 60.4 cm³/mol. The molecule has 0 aromatic rings.